The van der Waals surface area contributed by atoms with E-state index < -0.39 is 0 Å². The summed E-state index contributed by atoms with van der Waals surface area (Å²) in [5.74, 6) is 0.735. The molecule has 0 bridgehead atoms. The molecule has 0 saturated carbocycles. The summed E-state index contributed by atoms with van der Waals surface area (Å²) in [6, 6.07) is 6.84. The molecule has 1 amide bonds. The van der Waals surface area contributed by atoms with Crippen molar-refractivity contribution in [3.05, 3.63) is 35.0 Å². The Hall–Kier alpha value is -1.77. The molecular weight excluding hydrogens is 236 g/mol. The van der Waals surface area contributed by atoms with Crippen LogP contribution in [0.25, 0.3) is 10.9 Å². The number of amides is 1. The average Bonchev–Trinajstić information content (AvgIpc) is 2.88. The van der Waals surface area contributed by atoms with E-state index >= 15 is 0 Å². The lowest BCUT2D eigenvalue weighted by Gasteiger charge is -2.31. The Kier molecular flexibility index (Phi) is 2.12. The number of carbonyl (C=O) groups is 1. The van der Waals surface area contributed by atoms with Gasteiger partial charge < -0.3 is 9.88 Å². The number of H-pyrrole nitrogens is 1. The monoisotopic (exact) mass is 254 g/mol. The van der Waals surface area contributed by atoms with Crippen LogP contribution >= 0.6 is 0 Å². The number of hydrogen-bond donors (Lipinski definition) is 1. The molecule has 3 heteroatoms. The maximum atomic E-state index is 12.0. The van der Waals surface area contributed by atoms with Gasteiger partial charge in [0, 0.05) is 29.6 Å². The number of aryl methyl sites for hydroxylation is 1. The molecule has 1 aromatic heterocycles. The number of fused-ring (bicyclic) bond motifs is 5. The van der Waals surface area contributed by atoms with Crippen LogP contribution < -0.4 is 0 Å². The Morgan fingerprint density at radius 1 is 1.37 bits per heavy atom. The lowest BCUT2D eigenvalue weighted by atomic mass is 9.92. The Balaban J connectivity index is 1.94. The van der Waals surface area contributed by atoms with Crippen LogP contribution in [0.15, 0.2) is 18.2 Å². The number of aromatic nitrogens is 1. The first-order chi connectivity index (χ1) is 9.15. The van der Waals surface area contributed by atoms with E-state index in [0.29, 0.717) is 18.2 Å². The van der Waals surface area contributed by atoms with Gasteiger partial charge in [0.25, 0.3) is 0 Å². The Morgan fingerprint density at radius 2 is 2.21 bits per heavy atom. The zero-order valence-corrected chi connectivity index (χ0v) is 11.4. The highest BCUT2D eigenvalue weighted by molar-refractivity contribution is 5.87. The first-order valence-electron chi connectivity index (χ1n) is 7.05. The fraction of sp³-hybridized carbons (Fsp3) is 0.438. The second-order valence-corrected chi connectivity index (χ2v) is 6.03. The van der Waals surface area contributed by atoms with Gasteiger partial charge in [-0.2, -0.15) is 0 Å². The van der Waals surface area contributed by atoms with E-state index in [2.05, 4.69) is 41.9 Å². The quantitative estimate of drug-likeness (QED) is 0.771. The van der Waals surface area contributed by atoms with Gasteiger partial charge in [-0.15, -0.1) is 0 Å². The van der Waals surface area contributed by atoms with E-state index in [1.165, 1.54) is 27.7 Å². The number of hydrogen-bond acceptors (Lipinski definition) is 1. The predicted molar refractivity (Wildman–Crippen MR) is 75.0 cm³/mol. The van der Waals surface area contributed by atoms with Crippen LogP contribution in [0.5, 0.6) is 0 Å². The highest BCUT2D eigenvalue weighted by Crippen LogP contribution is 2.43. The zero-order chi connectivity index (χ0) is 13.1. The summed E-state index contributed by atoms with van der Waals surface area (Å²) in [6.07, 6.45) is 1.67. The molecule has 2 atom stereocenters. The third-order valence-electron chi connectivity index (χ3n) is 4.68. The summed E-state index contributed by atoms with van der Waals surface area (Å²) in [6.45, 7) is 5.20. The predicted octanol–water partition coefficient (Wildman–Crippen LogP) is 2.94. The van der Waals surface area contributed by atoms with Crippen molar-refractivity contribution in [1.29, 1.82) is 0 Å². The molecule has 2 aliphatic heterocycles. The van der Waals surface area contributed by atoms with Gasteiger partial charge in [0.15, 0.2) is 0 Å². The van der Waals surface area contributed by atoms with Gasteiger partial charge in [0.1, 0.15) is 0 Å². The van der Waals surface area contributed by atoms with E-state index in [1.807, 2.05) is 0 Å². The smallest absolute Gasteiger partial charge is 0.223 e. The highest BCUT2D eigenvalue weighted by Gasteiger charge is 2.42. The molecule has 0 radical (unpaired) electrons. The van der Waals surface area contributed by atoms with Gasteiger partial charge in [-0.05, 0) is 37.0 Å². The number of benzene rings is 1. The molecule has 2 aliphatic rings. The lowest BCUT2D eigenvalue weighted by Crippen LogP contribution is -2.35. The number of nitrogens with one attached hydrogen (secondary N) is 1. The molecule has 1 fully saturated rings. The maximum absolute atomic E-state index is 12.0. The molecule has 3 nitrogen and oxygen atoms in total. The van der Waals surface area contributed by atoms with Crippen LogP contribution in [0.1, 0.15) is 36.2 Å². The van der Waals surface area contributed by atoms with Gasteiger partial charge in [-0.25, -0.2) is 0 Å². The van der Waals surface area contributed by atoms with Crippen molar-refractivity contribution in [3.8, 4) is 0 Å². The van der Waals surface area contributed by atoms with Gasteiger partial charge in [0.2, 0.25) is 5.91 Å². The van der Waals surface area contributed by atoms with Gasteiger partial charge in [-0.1, -0.05) is 18.6 Å². The minimum Gasteiger partial charge on any atom is -0.356 e. The van der Waals surface area contributed by atoms with E-state index in [-0.39, 0.29) is 6.04 Å². The molecule has 2 aromatic rings. The van der Waals surface area contributed by atoms with E-state index in [0.717, 1.165) is 13.0 Å². The van der Waals surface area contributed by atoms with Crippen molar-refractivity contribution < 1.29 is 4.79 Å². The number of nitrogens with zero attached hydrogens (tertiary/aromatic N) is 1. The molecule has 4 rings (SSSR count). The standard InChI is InChI=1S/C16H18N2O/c1-9-3-4-13-12(7-9)11-5-6-18-14(19)8-10(2)16(18)15(11)17-13/h3-4,7,10,16-17H,5-6,8H2,1-2H3/t10-,16-/m1/s1. The van der Waals surface area contributed by atoms with Crippen LogP contribution in [0.4, 0.5) is 0 Å². The Labute approximate surface area is 112 Å². The first-order valence-corrected chi connectivity index (χ1v) is 7.05. The second-order valence-electron chi connectivity index (χ2n) is 6.03. The molecule has 0 spiro atoms. The summed E-state index contributed by atoms with van der Waals surface area (Å²) < 4.78 is 0. The molecule has 1 saturated heterocycles. The molecule has 1 aromatic carbocycles. The molecule has 19 heavy (non-hydrogen) atoms. The molecule has 3 heterocycles. The molecule has 1 N–H and O–H groups in total. The second kappa shape index (κ2) is 3.62. The van der Waals surface area contributed by atoms with Crippen molar-refractivity contribution in [2.24, 2.45) is 5.92 Å². The van der Waals surface area contributed by atoms with Crippen molar-refractivity contribution in [3.63, 3.8) is 0 Å². The van der Waals surface area contributed by atoms with Gasteiger partial charge in [0.05, 0.1) is 6.04 Å². The highest BCUT2D eigenvalue weighted by atomic mass is 16.2. The van der Waals surface area contributed by atoms with Crippen LogP contribution in [0.3, 0.4) is 0 Å². The van der Waals surface area contributed by atoms with Crippen LogP contribution in [0.2, 0.25) is 0 Å². The average molecular weight is 254 g/mol. The number of aromatic amines is 1. The minimum atomic E-state index is 0.268. The van der Waals surface area contributed by atoms with E-state index in [9.17, 15) is 4.79 Å². The number of rotatable bonds is 0. The van der Waals surface area contributed by atoms with E-state index in [4.69, 9.17) is 0 Å². The van der Waals surface area contributed by atoms with Crippen molar-refractivity contribution in [1.82, 2.24) is 9.88 Å². The largest absolute Gasteiger partial charge is 0.356 e. The molecular formula is C16H18N2O. The van der Waals surface area contributed by atoms with Gasteiger partial charge >= 0.3 is 0 Å². The molecule has 0 aliphatic carbocycles. The fourth-order valence-electron chi connectivity index (χ4n) is 3.81. The third kappa shape index (κ3) is 1.41. The Morgan fingerprint density at radius 3 is 3.05 bits per heavy atom. The van der Waals surface area contributed by atoms with Gasteiger partial charge in [-0.3, -0.25) is 4.79 Å². The zero-order valence-electron chi connectivity index (χ0n) is 11.4. The third-order valence-corrected chi connectivity index (χ3v) is 4.68. The van der Waals surface area contributed by atoms with Crippen molar-refractivity contribution in [2.75, 3.05) is 6.54 Å². The first kappa shape index (κ1) is 11.1. The number of carbonyl (C=O) groups excluding carboxylic acids is 1. The minimum absolute atomic E-state index is 0.268. The van der Waals surface area contributed by atoms with Crippen molar-refractivity contribution >= 4 is 16.8 Å². The molecule has 98 valence electrons. The van der Waals surface area contributed by atoms with E-state index in [1.54, 1.807) is 0 Å². The van der Waals surface area contributed by atoms with Crippen molar-refractivity contribution in [2.45, 2.75) is 32.7 Å². The SMILES string of the molecule is Cc1ccc2[nH]c3c(c2c1)CCN1C(=O)C[C@@H](C)[C@H]31. The summed E-state index contributed by atoms with van der Waals surface area (Å²) in [5, 5.41) is 1.35. The summed E-state index contributed by atoms with van der Waals surface area (Å²) in [5.41, 5.74) is 5.22. The van der Waals surface area contributed by atoms with Crippen LogP contribution in [-0.4, -0.2) is 22.3 Å². The summed E-state index contributed by atoms with van der Waals surface area (Å²) in [7, 11) is 0. The molecule has 0 unspecified atom stereocenters. The summed E-state index contributed by atoms with van der Waals surface area (Å²) in [4.78, 5) is 17.6. The fourth-order valence-corrected chi connectivity index (χ4v) is 3.81. The normalized spacial score (nSPS) is 25.8. The van der Waals surface area contributed by atoms with Crippen LogP contribution in [-0.2, 0) is 11.2 Å². The van der Waals surface area contributed by atoms with Crippen LogP contribution in [0, 0.1) is 12.8 Å². The Bertz CT molecular complexity index is 685. The maximum Gasteiger partial charge on any atom is 0.223 e. The lowest BCUT2D eigenvalue weighted by molar-refractivity contribution is -0.129. The topological polar surface area (TPSA) is 36.1 Å². The summed E-state index contributed by atoms with van der Waals surface area (Å²) >= 11 is 0.